The lowest BCUT2D eigenvalue weighted by Gasteiger charge is -2.12. The number of amides is 1. The lowest BCUT2D eigenvalue weighted by atomic mass is 10.1. The molecule has 3 aromatic rings. The van der Waals surface area contributed by atoms with Crippen LogP contribution >= 0.6 is 0 Å². The van der Waals surface area contributed by atoms with Crippen LogP contribution in [-0.2, 0) is 21.4 Å². The maximum atomic E-state index is 13.0. The van der Waals surface area contributed by atoms with Gasteiger partial charge in [0.25, 0.3) is 15.9 Å². The van der Waals surface area contributed by atoms with Crippen LogP contribution in [0.1, 0.15) is 16.7 Å². The van der Waals surface area contributed by atoms with Gasteiger partial charge in [0.1, 0.15) is 11.6 Å². The molecule has 0 aliphatic rings. The van der Waals surface area contributed by atoms with E-state index in [-0.39, 0.29) is 23.1 Å². The molecular formula is C23H23FN2O4S. The Bertz CT molecular complexity index is 1160. The number of ether oxygens (including phenoxy) is 1. The van der Waals surface area contributed by atoms with Crippen LogP contribution in [0.2, 0.25) is 0 Å². The molecule has 3 aromatic carbocycles. The molecule has 0 spiro atoms. The number of hydrogen-bond acceptors (Lipinski definition) is 4. The van der Waals surface area contributed by atoms with Crippen molar-refractivity contribution < 1.29 is 22.3 Å². The molecule has 31 heavy (non-hydrogen) atoms. The smallest absolute Gasteiger partial charge is 0.261 e. The van der Waals surface area contributed by atoms with Gasteiger partial charge in [0, 0.05) is 12.2 Å². The number of nitrogens with one attached hydrogen (secondary N) is 2. The van der Waals surface area contributed by atoms with Gasteiger partial charge < -0.3 is 10.1 Å². The molecule has 162 valence electrons. The van der Waals surface area contributed by atoms with E-state index in [1.807, 2.05) is 31.2 Å². The van der Waals surface area contributed by atoms with Crippen LogP contribution in [0.5, 0.6) is 5.75 Å². The Labute approximate surface area is 181 Å². The largest absolute Gasteiger partial charge is 0.484 e. The first kappa shape index (κ1) is 22.3. The SMILES string of the molecule is Cc1ccc(CNC(=O)COc2ccc(S(=O)(=O)Nc3ccc(F)cc3)cc2C)cc1. The summed E-state index contributed by atoms with van der Waals surface area (Å²) in [5, 5.41) is 2.78. The van der Waals surface area contributed by atoms with E-state index in [1.54, 1.807) is 6.92 Å². The molecule has 0 unspecified atom stereocenters. The van der Waals surface area contributed by atoms with Gasteiger partial charge >= 0.3 is 0 Å². The number of sulfonamides is 1. The summed E-state index contributed by atoms with van der Waals surface area (Å²) >= 11 is 0. The van der Waals surface area contributed by atoms with Crippen molar-refractivity contribution in [1.29, 1.82) is 0 Å². The highest BCUT2D eigenvalue weighted by atomic mass is 32.2. The van der Waals surface area contributed by atoms with Gasteiger partial charge in [-0.25, -0.2) is 12.8 Å². The van der Waals surface area contributed by atoms with Crippen LogP contribution in [0, 0.1) is 19.7 Å². The Kier molecular flexibility index (Phi) is 6.91. The van der Waals surface area contributed by atoms with E-state index in [0.717, 1.165) is 11.1 Å². The number of benzene rings is 3. The Hall–Kier alpha value is -3.39. The van der Waals surface area contributed by atoms with Crippen molar-refractivity contribution >= 4 is 21.6 Å². The van der Waals surface area contributed by atoms with Gasteiger partial charge in [-0.3, -0.25) is 9.52 Å². The lowest BCUT2D eigenvalue weighted by molar-refractivity contribution is -0.123. The maximum absolute atomic E-state index is 13.0. The topological polar surface area (TPSA) is 84.5 Å². The van der Waals surface area contributed by atoms with Crippen molar-refractivity contribution in [3.63, 3.8) is 0 Å². The van der Waals surface area contributed by atoms with E-state index in [1.165, 1.54) is 42.5 Å². The maximum Gasteiger partial charge on any atom is 0.261 e. The second-order valence-corrected chi connectivity index (χ2v) is 8.77. The molecule has 8 heteroatoms. The molecular weight excluding hydrogens is 419 g/mol. The van der Waals surface area contributed by atoms with Gasteiger partial charge in [-0.05, 0) is 67.4 Å². The van der Waals surface area contributed by atoms with Crippen LogP contribution in [0.15, 0.2) is 71.6 Å². The van der Waals surface area contributed by atoms with E-state index in [2.05, 4.69) is 10.0 Å². The lowest BCUT2D eigenvalue weighted by Crippen LogP contribution is -2.28. The highest BCUT2D eigenvalue weighted by molar-refractivity contribution is 7.92. The Balaban J connectivity index is 1.57. The number of anilines is 1. The van der Waals surface area contributed by atoms with Crippen LogP contribution in [0.3, 0.4) is 0 Å². The van der Waals surface area contributed by atoms with Gasteiger partial charge in [-0.15, -0.1) is 0 Å². The fourth-order valence-electron chi connectivity index (χ4n) is 2.78. The average molecular weight is 443 g/mol. The van der Waals surface area contributed by atoms with E-state index >= 15 is 0 Å². The van der Waals surface area contributed by atoms with Crippen molar-refractivity contribution in [2.75, 3.05) is 11.3 Å². The second-order valence-electron chi connectivity index (χ2n) is 7.09. The molecule has 3 rings (SSSR count). The molecule has 0 aromatic heterocycles. The van der Waals surface area contributed by atoms with Crippen molar-refractivity contribution in [2.45, 2.75) is 25.3 Å². The first-order valence-corrected chi connectivity index (χ1v) is 11.1. The molecule has 0 atom stereocenters. The van der Waals surface area contributed by atoms with E-state index < -0.39 is 15.8 Å². The van der Waals surface area contributed by atoms with Crippen LogP contribution in [0.25, 0.3) is 0 Å². The molecule has 0 bridgehead atoms. The van der Waals surface area contributed by atoms with Gasteiger partial charge in [0.15, 0.2) is 6.61 Å². The molecule has 0 heterocycles. The van der Waals surface area contributed by atoms with E-state index in [4.69, 9.17) is 4.74 Å². The summed E-state index contributed by atoms with van der Waals surface area (Å²) in [4.78, 5) is 12.1. The Morgan fingerprint density at radius 2 is 1.65 bits per heavy atom. The Morgan fingerprint density at radius 1 is 0.968 bits per heavy atom. The van der Waals surface area contributed by atoms with Gasteiger partial charge in [-0.1, -0.05) is 29.8 Å². The van der Waals surface area contributed by atoms with Crippen molar-refractivity contribution in [1.82, 2.24) is 5.32 Å². The molecule has 0 fully saturated rings. The predicted molar refractivity (Wildman–Crippen MR) is 117 cm³/mol. The van der Waals surface area contributed by atoms with Gasteiger partial charge in [-0.2, -0.15) is 0 Å². The summed E-state index contributed by atoms with van der Waals surface area (Å²) in [6.07, 6.45) is 0. The second kappa shape index (κ2) is 9.61. The fourth-order valence-corrected chi connectivity index (χ4v) is 3.93. The average Bonchev–Trinajstić information content (AvgIpc) is 2.74. The zero-order chi connectivity index (χ0) is 22.4. The first-order valence-electron chi connectivity index (χ1n) is 9.57. The minimum atomic E-state index is -3.85. The minimum absolute atomic E-state index is 0.0329. The third-order valence-corrected chi connectivity index (χ3v) is 5.90. The number of aryl methyl sites for hydroxylation is 2. The third kappa shape index (κ3) is 6.29. The summed E-state index contributed by atoms with van der Waals surface area (Å²) in [7, 11) is -3.85. The minimum Gasteiger partial charge on any atom is -0.484 e. The molecule has 1 amide bonds. The summed E-state index contributed by atoms with van der Waals surface area (Å²) in [6, 6.07) is 17.2. The highest BCUT2D eigenvalue weighted by Crippen LogP contribution is 2.23. The number of carbonyl (C=O) groups is 1. The number of hydrogen-bond donors (Lipinski definition) is 2. The molecule has 0 aliphatic heterocycles. The molecule has 2 N–H and O–H groups in total. The van der Waals surface area contributed by atoms with Gasteiger partial charge in [0.2, 0.25) is 0 Å². The van der Waals surface area contributed by atoms with Crippen molar-refractivity contribution in [3.8, 4) is 5.75 Å². The number of rotatable bonds is 8. The summed E-state index contributed by atoms with van der Waals surface area (Å²) in [5.41, 5.74) is 2.95. The highest BCUT2D eigenvalue weighted by Gasteiger charge is 2.16. The predicted octanol–water partition coefficient (Wildman–Crippen LogP) is 3.94. The fraction of sp³-hybridized carbons (Fsp3) is 0.174. The molecule has 0 radical (unpaired) electrons. The number of halogens is 1. The normalized spacial score (nSPS) is 11.1. The van der Waals surface area contributed by atoms with Crippen molar-refractivity contribution in [2.24, 2.45) is 0 Å². The molecule has 0 saturated carbocycles. The van der Waals surface area contributed by atoms with Crippen LogP contribution in [0.4, 0.5) is 10.1 Å². The van der Waals surface area contributed by atoms with Crippen LogP contribution < -0.4 is 14.8 Å². The van der Waals surface area contributed by atoms with Gasteiger partial charge in [0.05, 0.1) is 4.90 Å². The quantitative estimate of drug-likeness (QED) is 0.554. The zero-order valence-corrected chi connectivity index (χ0v) is 18.0. The van der Waals surface area contributed by atoms with Crippen LogP contribution in [-0.4, -0.2) is 20.9 Å². The Morgan fingerprint density at radius 3 is 2.29 bits per heavy atom. The van der Waals surface area contributed by atoms with Crippen molar-refractivity contribution in [3.05, 3.63) is 89.2 Å². The monoisotopic (exact) mass is 442 g/mol. The molecule has 6 nitrogen and oxygen atoms in total. The molecule has 0 aliphatic carbocycles. The zero-order valence-electron chi connectivity index (χ0n) is 17.2. The standard InChI is InChI=1S/C23H23FN2O4S/c1-16-3-5-18(6-4-16)14-25-23(27)15-30-22-12-11-21(13-17(22)2)31(28,29)26-20-9-7-19(24)8-10-20/h3-13,26H,14-15H2,1-2H3,(H,25,27). The third-order valence-electron chi connectivity index (χ3n) is 4.52. The number of carbonyl (C=O) groups excluding carboxylic acids is 1. The first-order chi connectivity index (χ1) is 14.7. The summed E-state index contributed by atoms with van der Waals surface area (Å²) < 4.78 is 46.0. The van der Waals surface area contributed by atoms with E-state index in [9.17, 15) is 17.6 Å². The summed E-state index contributed by atoms with van der Waals surface area (Å²) in [6.45, 7) is 3.89. The van der Waals surface area contributed by atoms with E-state index in [0.29, 0.717) is 17.9 Å². The summed E-state index contributed by atoms with van der Waals surface area (Å²) in [5.74, 6) is -0.330. The molecule has 0 saturated heterocycles.